The molecule has 2 N–H and O–H groups in total. The molecule has 2 amide bonds. The van der Waals surface area contributed by atoms with Crippen LogP contribution < -0.4 is 5.32 Å². The molecule has 1 saturated heterocycles. The van der Waals surface area contributed by atoms with Crippen molar-refractivity contribution in [1.29, 1.82) is 0 Å². The molecule has 0 aliphatic carbocycles. The molecular weight excluding hydrogens is 318 g/mol. The summed E-state index contributed by atoms with van der Waals surface area (Å²) >= 11 is 5.44. The van der Waals surface area contributed by atoms with Gasteiger partial charge in [0, 0.05) is 12.0 Å². The van der Waals surface area contributed by atoms with Crippen molar-refractivity contribution in [1.82, 2.24) is 5.32 Å². The van der Waals surface area contributed by atoms with Crippen molar-refractivity contribution in [2.45, 2.75) is 18.5 Å². The number of carbonyl (C=O) groups excluding carboxylic acids is 2. The van der Waals surface area contributed by atoms with Crippen LogP contribution in [-0.2, 0) is 9.59 Å². The molecule has 2 unspecified atom stereocenters. The minimum Gasteiger partial charge on any atom is -0.506 e. The Bertz CT molecular complexity index is 617. The molecule has 2 rings (SSSR count). The molecule has 114 valence electrons. The lowest BCUT2D eigenvalue weighted by atomic mass is 9.79. The van der Waals surface area contributed by atoms with Gasteiger partial charge in [-0.3, -0.25) is 14.9 Å². The van der Waals surface area contributed by atoms with Crippen LogP contribution in [0.2, 0.25) is 5.02 Å². The summed E-state index contributed by atoms with van der Waals surface area (Å²) in [6, 6.07) is 1.28. The fourth-order valence-corrected chi connectivity index (χ4v) is 2.37. The Morgan fingerprint density at radius 3 is 2.48 bits per heavy atom. The van der Waals surface area contributed by atoms with Crippen LogP contribution in [0, 0.1) is 11.7 Å². The Morgan fingerprint density at radius 1 is 1.29 bits per heavy atom. The van der Waals surface area contributed by atoms with E-state index in [4.69, 9.17) is 11.6 Å². The topological polar surface area (TPSA) is 66.4 Å². The van der Waals surface area contributed by atoms with Gasteiger partial charge >= 0.3 is 6.18 Å². The summed E-state index contributed by atoms with van der Waals surface area (Å²) in [6.07, 6.45) is -5.87. The number of amides is 2. The second kappa shape index (κ2) is 5.18. The molecule has 0 aromatic heterocycles. The zero-order valence-corrected chi connectivity index (χ0v) is 10.9. The lowest BCUT2D eigenvalue weighted by Gasteiger charge is -2.32. The molecule has 1 aliphatic rings. The van der Waals surface area contributed by atoms with Crippen molar-refractivity contribution in [2.24, 2.45) is 5.92 Å². The van der Waals surface area contributed by atoms with Crippen LogP contribution in [-0.4, -0.2) is 23.1 Å². The van der Waals surface area contributed by atoms with E-state index in [1.807, 2.05) is 0 Å². The zero-order valence-electron chi connectivity index (χ0n) is 10.2. The molecule has 1 fully saturated rings. The van der Waals surface area contributed by atoms with E-state index < -0.39 is 58.4 Å². The third-order valence-corrected chi connectivity index (χ3v) is 3.48. The molecule has 0 saturated carbocycles. The third kappa shape index (κ3) is 2.94. The fourth-order valence-electron chi connectivity index (χ4n) is 2.22. The second-order valence-corrected chi connectivity index (χ2v) is 4.97. The van der Waals surface area contributed by atoms with Gasteiger partial charge < -0.3 is 5.11 Å². The monoisotopic (exact) mass is 325 g/mol. The van der Waals surface area contributed by atoms with Gasteiger partial charge in [-0.25, -0.2) is 4.39 Å². The number of hydrogen-bond donors (Lipinski definition) is 2. The smallest absolute Gasteiger partial charge is 0.393 e. The SMILES string of the molecule is O=C1CC(C(F)(F)F)C(c2cc(O)c(Cl)cc2F)C(=O)N1. The largest absolute Gasteiger partial charge is 0.506 e. The molecular formula is C12H8ClF4NO3. The highest BCUT2D eigenvalue weighted by atomic mass is 35.5. The summed E-state index contributed by atoms with van der Waals surface area (Å²) in [7, 11) is 0. The van der Waals surface area contributed by atoms with Gasteiger partial charge in [0.05, 0.1) is 16.9 Å². The number of alkyl halides is 3. The number of imide groups is 1. The van der Waals surface area contributed by atoms with Crippen LogP contribution in [0.15, 0.2) is 12.1 Å². The maximum atomic E-state index is 13.8. The predicted molar refractivity (Wildman–Crippen MR) is 63.1 cm³/mol. The number of hydrogen-bond acceptors (Lipinski definition) is 3. The first-order valence-corrected chi connectivity index (χ1v) is 6.07. The lowest BCUT2D eigenvalue weighted by molar-refractivity contribution is -0.191. The summed E-state index contributed by atoms with van der Waals surface area (Å²) in [5.41, 5.74) is -0.663. The number of phenols is 1. The molecule has 1 aromatic rings. The number of carbonyl (C=O) groups is 2. The highest BCUT2D eigenvalue weighted by Crippen LogP contribution is 2.44. The van der Waals surface area contributed by atoms with E-state index in [-0.39, 0.29) is 0 Å². The number of aromatic hydroxyl groups is 1. The van der Waals surface area contributed by atoms with E-state index in [9.17, 15) is 32.3 Å². The van der Waals surface area contributed by atoms with Crippen LogP contribution in [0.4, 0.5) is 17.6 Å². The molecule has 1 aliphatic heterocycles. The van der Waals surface area contributed by atoms with Crippen LogP contribution in [0.1, 0.15) is 17.9 Å². The Hall–Kier alpha value is -1.83. The summed E-state index contributed by atoms with van der Waals surface area (Å²) in [5, 5.41) is 10.7. The maximum absolute atomic E-state index is 13.8. The van der Waals surface area contributed by atoms with E-state index in [0.717, 1.165) is 0 Å². The first-order valence-electron chi connectivity index (χ1n) is 5.69. The summed E-state index contributed by atoms with van der Waals surface area (Å²) in [6.45, 7) is 0. The molecule has 0 spiro atoms. The summed E-state index contributed by atoms with van der Waals surface area (Å²) in [4.78, 5) is 22.8. The van der Waals surface area contributed by atoms with Crippen LogP contribution in [0.5, 0.6) is 5.75 Å². The normalized spacial score (nSPS) is 23.1. The van der Waals surface area contributed by atoms with Gasteiger partial charge in [0.15, 0.2) is 0 Å². The molecule has 9 heteroatoms. The molecule has 0 radical (unpaired) electrons. The summed E-state index contributed by atoms with van der Waals surface area (Å²) < 4.78 is 52.8. The standard InChI is InChI=1S/C12H8ClF4NO3/c13-6-3-7(14)4(1-8(6)19)10-5(12(15,16)17)2-9(20)18-11(10)21/h1,3,5,10,19H,2H2,(H,18,20,21). The zero-order chi connectivity index (χ0) is 15.9. The van der Waals surface area contributed by atoms with E-state index in [1.54, 1.807) is 5.32 Å². The first kappa shape index (κ1) is 15.6. The number of nitrogens with one attached hydrogen (secondary N) is 1. The second-order valence-electron chi connectivity index (χ2n) is 4.57. The van der Waals surface area contributed by atoms with Gasteiger partial charge in [-0.1, -0.05) is 11.6 Å². The van der Waals surface area contributed by atoms with Gasteiger partial charge in [0.25, 0.3) is 0 Å². The van der Waals surface area contributed by atoms with Gasteiger partial charge in [0.1, 0.15) is 11.6 Å². The minimum absolute atomic E-state index is 0.396. The van der Waals surface area contributed by atoms with Crippen LogP contribution in [0.25, 0.3) is 0 Å². The summed E-state index contributed by atoms with van der Waals surface area (Å²) in [5.74, 6) is -8.51. The number of rotatable bonds is 1. The highest BCUT2D eigenvalue weighted by Gasteiger charge is 2.52. The fraction of sp³-hybridized carbons (Fsp3) is 0.333. The molecule has 2 atom stereocenters. The lowest BCUT2D eigenvalue weighted by Crippen LogP contribution is -2.49. The molecule has 21 heavy (non-hydrogen) atoms. The van der Waals surface area contributed by atoms with E-state index >= 15 is 0 Å². The van der Waals surface area contributed by atoms with Crippen molar-refractivity contribution in [3.05, 3.63) is 28.5 Å². The average molecular weight is 326 g/mol. The Kier molecular flexibility index (Phi) is 3.83. The van der Waals surface area contributed by atoms with Gasteiger partial charge in [-0.2, -0.15) is 13.2 Å². The van der Waals surface area contributed by atoms with Crippen molar-refractivity contribution >= 4 is 23.4 Å². The van der Waals surface area contributed by atoms with Gasteiger partial charge in [0.2, 0.25) is 11.8 Å². The number of piperidine rings is 1. The maximum Gasteiger partial charge on any atom is 0.393 e. The predicted octanol–water partition coefficient (Wildman–Crippen LogP) is 2.49. The molecule has 1 heterocycles. The van der Waals surface area contributed by atoms with Crippen molar-refractivity contribution in [2.75, 3.05) is 0 Å². The van der Waals surface area contributed by atoms with E-state index in [2.05, 4.69) is 0 Å². The van der Waals surface area contributed by atoms with E-state index in [1.165, 1.54) is 0 Å². The first-order chi connectivity index (χ1) is 9.61. The average Bonchev–Trinajstić information content (AvgIpc) is 2.32. The van der Waals surface area contributed by atoms with Crippen LogP contribution in [0.3, 0.4) is 0 Å². The Labute approximate surface area is 120 Å². The van der Waals surface area contributed by atoms with Crippen molar-refractivity contribution in [3.63, 3.8) is 0 Å². The van der Waals surface area contributed by atoms with E-state index in [0.29, 0.717) is 12.1 Å². The molecule has 4 nitrogen and oxygen atoms in total. The van der Waals surface area contributed by atoms with Crippen LogP contribution >= 0.6 is 11.6 Å². The van der Waals surface area contributed by atoms with Gasteiger partial charge in [-0.15, -0.1) is 0 Å². The number of benzene rings is 1. The Morgan fingerprint density at radius 2 is 1.90 bits per heavy atom. The van der Waals surface area contributed by atoms with Crippen molar-refractivity contribution in [3.8, 4) is 5.75 Å². The highest BCUT2D eigenvalue weighted by molar-refractivity contribution is 6.32. The number of phenolic OH excluding ortho intramolecular Hbond substituents is 1. The third-order valence-electron chi connectivity index (χ3n) is 3.17. The Balaban J connectivity index is 2.55. The number of halogens is 5. The quantitative estimate of drug-likeness (QED) is 0.616. The van der Waals surface area contributed by atoms with Gasteiger partial charge in [-0.05, 0) is 12.1 Å². The molecule has 1 aromatic carbocycles. The molecule has 0 bridgehead atoms. The minimum atomic E-state index is -4.88. The van der Waals surface area contributed by atoms with Crippen molar-refractivity contribution < 1.29 is 32.3 Å².